The van der Waals surface area contributed by atoms with Crippen LogP contribution in [-0.2, 0) is 13.7 Å². The number of aryl methyl sites for hydroxylation is 1. The third-order valence-electron chi connectivity index (χ3n) is 2.46. The Morgan fingerprint density at radius 2 is 2.33 bits per heavy atom. The van der Waals surface area contributed by atoms with Crippen molar-refractivity contribution < 1.29 is 14.6 Å². The van der Waals surface area contributed by atoms with Crippen molar-refractivity contribution >= 4 is 17.6 Å². The van der Waals surface area contributed by atoms with E-state index < -0.39 is 5.97 Å². The molecule has 0 atom stereocenters. The van der Waals surface area contributed by atoms with E-state index in [1.807, 2.05) is 17.8 Å². The van der Waals surface area contributed by atoms with Crippen LogP contribution in [-0.4, -0.2) is 20.6 Å². The number of benzene rings is 1. The Morgan fingerprint density at radius 3 is 2.89 bits per heavy atom. The largest absolute Gasteiger partial charge is 0.484 e. The molecule has 0 saturated carbocycles. The summed E-state index contributed by atoms with van der Waals surface area (Å²) in [6, 6.07) is 4.34. The van der Waals surface area contributed by atoms with Gasteiger partial charge in [-0.25, -0.2) is 9.78 Å². The number of aromatic nitrogens is 2. The molecule has 0 amide bonds. The second-order valence-corrected chi connectivity index (χ2v) is 4.10. The molecule has 0 unspecified atom stereocenters. The van der Waals surface area contributed by atoms with Crippen LogP contribution in [0.25, 0.3) is 0 Å². The number of hydrogen-bond donors (Lipinski definition) is 1. The summed E-state index contributed by atoms with van der Waals surface area (Å²) in [4.78, 5) is 14.8. The first-order valence-electron chi connectivity index (χ1n) is 5.20. The third kappa shape index (κ3) is 2.62. The number of carboxylic acid groups (broad SMARTS) is 1. The van der Waals surface area contributed by atoms with Crippen LogP contribution in [0.3, 0.4) is 0 Å². The monoisotopic (exact) mass is 266 g/mol. The van der Waals surface area contributed by atoms with Gasteiger partial charge in [-0.3, -0.25) is 0 Å². The highest BCUT2D eigenvalue weighted by atomic mass is 35.5. The van der Waals surface area contributed by atoms with Gasteiger partial charge in [0.05, 0.1) is 10.6 Å². The standard InChI is InChI=1S/C12H11ClN2O3/c1-15-5-4-14-11(15)7-18-10-3-2-8(12(16)17)6-9(10)13/h2-6H,7H2,1H3,(H,16,17). The highest BCUT2D eigenvalue weighted by Crippen LogP contribution is 2.26. The average molecular weight is 267 g/mol. The van der Waals surface area contributed by atoms with Crippen LogP contribution in [0, 0.1) is 0 Å². The number of rotatable bonds is 4. The smallest absolute Gasteiger partial charge is 0.335 e. The molecule has 0 aliphatic heterocycles. The number of aromatic carboxylic acids is 1. The molecular formula is C12H11ClN2O3. The van der Waals surface area contributed by atoms with Gasteiger partial charge in [0.25, 0.3) is 0 Å². The maximum atomic E-state index is 10.7. The summed E-state index contributed by atoms with van der Waals surface area (Å²) in [6.07, 6.45) is 3.49. The maximum absolute atomic E-state index is 10.7. The first-order chi connectivity index (χ1) is 8.58. The molecule has 5 nitrogen and oxygen atoms in total. The number of imidazole rings is 1. The Kier molecular flexibility index (Phi) is 3.53. The van der Waals surface area contributed by atoms with E-state index >= 15 is 0 Å². The lowest BCUT2D eigenvalue weighted by molar-refractivity contribution is 0.0697. The highest BCUT2D eigenvalue weighted by Gasteiger charge is 2.08. The molecule has 1 heterocycles. The van der Waals surface area contributed by atoms with E-state index in [4.69, 9.17) is 21.4 Å². The molecule has 0 fully saturated rings. The zero-order chi connectivity index (χ0) is 13.1. The average Bonchev–Trinajstić information content (AvgIpc) is 2.73. The van der Waals surface area contributed by atoms with E-state index in [0.29, 0.717) is 5.75 Å². The van der Waals surface area contributed by atoms with Gasteiger partial charge in [0.2, 0.25) is 0 Å². The second-order valence-electron chi connectivity index (χ2n) is 3.69. The molecule has 0 aliphatic carbocycles. The maximum Gasteiger partial charge on any atom is 0.335 e. The first-order valence-corrected chi connectivity index (χ1v) is 5.57. The van der Waals surface area contributed by atoms with Gasteiger partial charge < -0.3 is 14.4 Å². The highest BCUT2D eigenvalue weighted by molar-refractivity contribution is 6.32. The third-order valence-corrected chi connectivity index (χ3v) is 2.75. The zero-order valence-electron chi connectivity index (χ0n) is 9.63. The molecule has 0 bridgehead atoms. The lowest BCUT2D eigenvalue weighted by atomic mass is 10.2. The van der Waals surface area contributed by atoms with E-state index in [9.17, 15) is 4.79 Å². The molecule has 94 valence electrons. The summed E-state index contributed by atoms with van der Waals surface area (Å²) in [5.41, 5.74) is 0.129. The zero-order valence-corrected chi connectivity index (χ0v) is 10.4. The minimum Gasteiger partial charge on any atom is -0.484 e. The summed E-state index contributed by atoms with van der Waals surface area (Å²) in [5.74, 6) is 0.172. The number of hydrogen-bond acceptors (Lipinski definition) is 3. The number of halogens is 1. The Bertz CT molecular complexity index is 580. The van der Waals surface area contributed by atoms with Crippen LogP contribution in [0.4, 0.5) is 0 Å². The molecule has 2 aromatic rings. The number of carbonyl (C=O) groups is 1. The van der Waals surface area contributed by atoms with Gasteiger partial charge >= 0.3 is 5.97 Å². The van der Waals surface area contributed by atoms with Gasteiger partial charge in [-0.05, 0) is 18.2 Å². The van der Waals surface area contributed by atoms with Crippen molar-refractivity contribution in [1.29, 1.82) is 0 Å². The van der Waals surface area contributed by atoms with E-state index in [1.54, 1.807) is 6.20 Å². The quantitative estimate of drug-likeness (QED) is 0.923. The van der Waals surface area contributed by atoms with Crippen molar-refractivity contribution in [3.05, 3.63) is 47.0 Å². The molecule has 1 aromatic carbocycles. The molecule has 0 aliphatic rings. The summed E-state index contributed by atoms with van der Waals surface area (Å²) in [5, 5.41) is 9.07. The molecule has 18 heavy (non-hydrogen) atoms. The fourth-order valence-corrected chi connectivity index (χ4v) is 1.66. The molecule has 0 spiro atoms. The van der Waals surface area contributed by atoms with Crippen LogP contribution in [0.5, 0.6) is 5.75 Å². The van der Waals surface area contributed by atoms with Gasteiger partial charge in [-0.15, -0.1) is 0 Å². The van der Waals surface area contributed by atoms with Gasteiger partial charge in [-0.2, -0.15) is 0 Å². The van der Waals surface area contributed by atoms with Gasteiger partial charge in [0, 0.05) is 19.4 Å². The predicted octanol–water partition coefficient (Wildman–Crippen LogP) is 2.35. The van der Waals surface area contributed by atoms with Crippen molar-refractivity contribution in [2.75, 3.05) is 0 Å². The van der Waals surface area contributed by atoms with Crippen LogP contribution in [0.1, 0.15) is 16.2 Å². The SMILES string of the molecule is Cn1ccnc1COc1ccc(C(=O)O)cc1Cl. The number of carboxylic acids is 1. The van der Waals surface area contributed by atoms with E-state index in [2.05, 4.69) is 4.98 Å². The normalized spacial score (nSPS) is 10.3. The van der Waals surface area contributed by atoms with Crippen molar-refractivity contribution in [1.82, 2.24) is 9.55 Å². The second kappa shape index (κ2) is 5.10. The summed E-state index contributed by atoms with van der Waals surface area (Å²) in [6.45, 7) is 0.273. The summed E-state index contributed by atoms with van der Waals surface area (Å²) < 4.78 is 7.32. The van der Waals surface area contributed by atoms with Crippen molar-refractivity contribution in [2.24, 2.45) is 7.05 Å². The van der Waals surface area contributed by atoms with Gasteiger partial charge in [0.1, 0.15) is 18.2 Å². The molecule has 1 aromatic heterocycles. The minimum absolute atomic E-state index is 0.129. The molecule has 6 heteroatoms. The van der Waals surface area contributed by atoms with Crippen molar-refractivity contribution in [3.63, 3.8) is 0 Å². The molecule has 2 rings (SSSR count). The lowest BCUT2D eigenvalue weighted by Gasteiger charge is -2.08. The van der Waals surface area contributed by atoms with E-state index in [1.165, 1.54) is 18.2 Å². The molecular weight excluding hydrogens is 256 g/mol. The van der Waals surface area contributed by atoms with Crippen molar-refractivity contribution in [2.45, 2.75) is 6.61 Å². The Morgan fingerprint density at radius 1 is 1.56 bits per heavy atom. The molecule has 1 N–H and O–H groups in total. The van der Waals surface area contributed by atoms with Crippen LogP contribution in [0.15, 0.2) is 30.6 Å². The van der Waals surface area contributed by atoms with Gasteiger partial charge in [-0.1, -0.05) is 11.6 Å². The van der Waals surface area contributed by atoms with Crippen molar-refractivity contribution in [3.8, 4) is 5.75 Å². The van der Waals surface area contributed by atoms with Crippen LogP contribution in [0.2, 0.25) is 5.02 Å². The predicted molar refractivity (Wildman–Crippen MR) is 66.0 cm³/mol. The molecule has 0 radical (unpaired) electrons. The fourth-order valence-electron chi connectivity index (χ4n) is 1.43. The van der Waals surface area contributed by atoms with Crippen LogP contribution >= 0.6 is 11.6 Å². The Balaban J connectivity index is 2.11. The van der Waals surface area contributed by atoms with Crippen LogP contribution < -0.4 is 4.74 Å². The van der Waals surface area contributed by atoms with E-state index in [-0.39, 0.29) is 17.2 Å². The van der Waals surface area contributed by atoms with Gasteiger partial charge in [0.15, 0.2) is 0 Å². The van der Waals surface area contributed by atoms with E-state index in [0.717, 1.165) is 5.82 Å². The Hall–Kier alpha value is -2.01. The first kappa shape index (κ1) is 12.4. The fraction of sp³-hybridized carbons (Fsp3) is 0.167. The summed E-state index contributed by atoms with van der Waals surface area (Å²) in [7, 11) is 1.86. The Labute approximate surface area is 109 Å². The number of ether oxygens (including phenoxy) is 1. The topological polar surface area (TPSA) is 64.4 Å². The molecule has 0 saturated heterocycles. The minimum atomic E-state index is -1.02. The lowest BCUT2D eigenvalue weighted by Crippen LogP contribution is -2.04. The number of nitrogens with zero attached hydrogens (tertiary/aromatic N) is 2. The summed E-state index contributed by atoms with van der Waals surface area (Å²) >= 11 is 5.94.